The number of aryl methyl sites for hydroxylation is 1. The van der Waals surface area contributed by atoms with Gasteiger partial charge in [-0.25, -0.2) is 0 Å². The number of nitriles is 1. The molecule has 1 aromatic carbocycles. The van der Waals surface area contributed by atoms with Gasteiger partial charge in [-0.1, -0.05) is 18.2 Å². The van der Waals surface area contributed by atoms with Crippen molar-refractivity contribution in [3.8, 4) is 6.07 Å². The number of nitrogens with zero attached hydrogens (tertiary/aromatic N) is 2. The minimum atomic E-state index is 0.346. The number of aromatic nitrogens is 1. The predicted molar refractivity (Wildman–Crippen MR) is 73.9 cm³/mol. The van der Waals surface area contributed by atoms with Crippen LogP contribution in [0.1, 0.15) is 42.9 Å². The van der Waals surface area contributed by atoms with Gasteiger partial charge in [0.15, 0.2) is 0 Å². The number of hydrogen-bond donors (Lipinski definition) is 0. The summed E-state index contributed by atoms with van der Waals surface area (Å²) >= 11 is 0. The van der Waals surface area contributed by atoms with E-state index in [9.17, 15) is 10.1 Å². The molecule has 0 saturated heterocycles. The molecule has 3 rings (SSSR count). The normalized spacial score (nSPS) is 16.7. The Kier molecular flexibility index (Phi) is 2.87. The van der Waals surface area contributed by atoms with Crippen molar-refractivity contribution >= 4 is 16.7 Å². The van der Waals surface area contributed by atoms with Crippen molar-refractivity contribution in [2.24, 2.45) is 7.05 Å². The highest BCUT2D eigenvalue weighted by molar-refractivity contribution is 5.88. The van der Waals surface area contributed by atoms with Crippen LogP contribution in [0, 0.1) is 11.3 Å². The van der Waals surface area contributed by atoms with Crippen LogP contribution in [0.4, 0.5) is 0 Å². The van der Waals surface area contributed by atoms with E-state index in [1.165, 1.54) is 5.39 Å². The summed E-state index contributed by atoms with van der Waals surface area (Å²) < 4.78 is 1.97. The van der Waals surface area contributed by atoms with Crippen LogP contribution in [0.5, 0.6) is 0 Å². The van der Waals surface area contributed by atoms with Gasteiger partial charge in [-0.3, -0.25) is 4.79 Å². The summed E-state index contributed by atoms with van der Waals surface area (Å²) in [5.41, 5.74) is 3.00. The highest BCUT2D eigenvalue weighted by atomic mass is 16.1. The molecule has 1 heterocycles. The fourth-order valence-electron chi connectivity index (χ4n) is 3.20. The Bertz CT molecular complexity index is 681. The van der Waals surface area contributed by atoms with Crippen molar-refractivity contribution in [1.29, 1.82) is 5.26 Å². The highest BCUT2D eigenvalue weighted by Crippen LogP contribution is 2.38. The molecule has 0 aliphatic heterocycles. The zero-order valence-corrected chi connectivity index (χ0v) is 11.0. The number of hydrogen-bond acceptors (Lipinski definition) is 2. The van der Waals surface area contributed by atoms with Crippen molar-refractivity contribution in [2.45, 2.75) is 31.6 Å². The van der Waals surface area contributed by atoms with E-state index in [-0.39, 0.29) is 0 Å². The zero-order valence-electron chi connectivity index (χ0n) is 11.0. The van der Waals surface area contributed by atoms with Gasteiger partial charge < -0.3 is 4.57 Å². The van der Waals surface area contributed by atoms with Crippen LogP contribution < -0.4 is 0 Å². The summed E-state index contributed by atoms with van der Waals surface area (Å²) in [5, 5.41) is 10.6. The number of fused-ring (bicyclic) bond motifs is 1. The maximum absolute atomic E-state index is 11.4. The molecule has 1 aromatic heterocycles. The standard InChI is InChI=1S/C16H16N2O/c1-18-14-5-3-2-4-13(14)16(15(18)10-17)11-6-8-12(19)9-7-11/h2-5,11H,6-9H2,1H3. The number of benzene rings is 1. The zero-order chi connectivity index (χ0) is 13.4. The minimum absolute atomic E-state index is 0.346. The Labute approximate surface area is 112 Å². The molecule has 0 radical (unpaired) electrons. The van der Waals surface area contributed by atoms with Gasteiger partial charge in [0, 0.05) is 30.8 Å². The van der Waals surface area contributed by atoms with Crippen LogP contribution >= 0.6 is 0 Å². The Morgan fingerprint density at radius 1 is 1.26 bits per heavy atom. The lowest BCUT2D eigenvalue weighted by Crippen LogP contribution is -2.13. The van der Waals surface area contributed by atoms with Gasteiger partial charge in [0.25, 0.3) is 0 Å². The second kappa shape index (κ2) is 4.55. The average Bonchev–Trinajstić information content (AvgIpc) is 2.73. The fourth-order valence-corrected chi connectivity index (χ4v) is 3.20. The van der Waals surface area contributed by atoms with Crippen LogP contribution in [-0.2, 0) is 11.8 Å². The van der Waals surface area contributed by atoms with E-state index in [4.69, 9.17) is 0 Å². The Balaban J connectivity index is 2.17. The van der Waals surface area contributed by atoms with Crippen LogP contribution in [0.3, 0.4) is 0 Å². The third kappa shape index (κ3) is 1.84. The van der Waals surface area contributed by atoms with E-state index >= 15 is 0 Å². The van der Waals surface area contributed by atoms with Gasteiger partial charge in [0.2, 0.25) is 0 Å². The topological polar surface area (TPSA) is 45.8 Å². The molecule has 96 valence electrons. The van der Waals surface area contributed by atoms with E-state index < -0.39 is 0 Å². The van der Waals surface area contributed by atoms with Gasteiger partial charge in [0.05, 0.1) is 0 Å². The second-order valence-corrected chi connectivity index (χ2v) is 5.26. The highest BCUT2D eigenvalue weighted by Gasteiger charge is 2.26. The van der Waals surface area contributed by atoms with Gasteiger partial charge >= 0.3 is 0 Å². The van der Waals surface area contributed by atoms with Gasteiger partial charge in [0.1, 0.15) is 17.5 Å². The summed E-state index contributed by atoms with van der Waals surface area (Å²) in [6.07, 6.45) is 3.06. The van der Waals surface area contributed by atoms with E-state index in [2.05, 4.69) is 12.1 Å². The van der Waals surface area contributed by atoms with Crippen LogP contribution in [0.15, 0.2) is 24.3 Å². The third-order valence-electron chi connectivity index (χ3n) is 4.20. The van der Waals surface area contributed by atoms with Crippen molar-refractivity contribution in [3.63, 3.8) is 0 Å². The van der Waals surface area contributed by atoms with Gasteiger partial charge in [-0.2, -0.15) is 5.26 Å². The molecule has 2 aromatic rings. The van der Waals surface area contributed by atoms with E-state index in [0.29, 0.717) is 24.5 Å². The molecule has 3 heteroatoms. The van der Waals surface area contributed by atoms with E-state index in [0.717, 1.165) is 29.6 Å². The summed E-state index contributed by atoms with van der Waals surface area (Å²) in [5.74, 6) is 0.702. The van der Waals surface area contributed by atoms with Crippen LogP contribution in [0.25, 0.3) is 10.9 Å². The number of para-hydroxylation sites is 1. The third-order valence-corrected chi connectivity index (χ3v) is 4.20. The summed E-state index contributed by atoms with van der Waals surface area (Å²) in [6, 6.07) is 10.5. The van der Waals surface area contributed by atoms with Crippen molar-refractivity contribution in [1.82, 2.24) is 4.57 Å². The molecule has 0 amide bonds. The lowest BCUT2D eigenvalue weighted by atomic mass is 9.82. The molecule has 0 N–H and O–H groups in total. The quantitative estimate of drug-likeness (QED) is 0.782. The average molecular weight is 252 g/mol. The van der Waals surface area contributed by atoms with Gasteiger partial charge in [-0.05, 0) is 30.4 Å². The molecule has 1 aliphatic carbocycles. The first-order valence-corrected chi connectivity index (χ1v) is 6.71. The van der Waals surface area contributed by atoms with E-state index in [1.807, 2.05) is 29.8 Å². The first kappa shape index (κ1) is 12.0. The molecule has 1 aliphatic rings. The van der Waals surface area contributed by atoms with Crippen molar-refractivity contribution < 1.29 is 4.79 Å². The monoisotopic (exact) mass is 252 g/mol. The fraction of sp³-hybridized carbons (Fsp3) is 0.375. The minimum Gasteiger partial charge on any atom is -0.335 e. The van der Waals surface area contributed by atoms with Gasteiger partial charge in [-0.15, -0.1) is 0 Å². The number of Topliss-reactive ketones (excluding diaryl/α,β-unsaturated/α-hetero) is 1. The van der Waals surface area contributed by atoms with Crippen LogP contribution in [0.2, 0.25) is 0 Å². The molecule has 0 spiro atoms. The number of carbonyl (C=O) groups is 1. The molecular weight excluding hydrogens is 236 g/mol. The molecule has 0 atom stereocenters. The second-order valence-electron chi connectivity index (χ2n) is 5.26. The lowest BCUT2D eigenvalue weighted by Gasteiger charge is -2.21. The number of rotatable bonds is 1. The molecule has 1 fully saturated rings. The summed E-state index contributed by atoms with van der Waals surface area (Å²) in [7, 11) is 1.94. The molecule has 1 saturated carbocycles. The van der Waals surface area contributed by atoms with E-state index in [1.54, 1.807) is 0 Å². The molecule has 0 bridgehead atoms. The Morgan fingerprint density at radius 2 is 1.95 bits per heavy atom. The summed E-state index contributed by atoms with van der Waals surface area (Å²) in [4.78, 5) is 11.4. The molecule has 0 unspecified atom stereocenters. The number of ketones is 1. The van der Waals surface area contributed by atoms with Crippen molar-refractivity contribution in [2.75, 3.05) is 0 Å². The Morgan fingerprint density at radius 3 is 2.63 bits per heavy atom. The maximum atomic E-state index is 11.4. The summed E-state index contributed by atoms with van der Waals surface area (Å²) in [6.45, 7) is 0. The van der Waals surface area contributed by atoms with Crippen LogP contribution in [-0.4, -0.2) is 10.4 Å². The smallest absolute Gasteiger partial charge is 0.132 e. The first-order chi connectivity index (χ1) is 9.22. The maximum Gasteiger partial charge on any atom is 0.132 e. The lowest BCUT2D eigenvalue weighted by molar-refractivity contribution is -0.120. The number of carbonyl (C=O) groups excluding carboxylic acids is 1. The molecule has 3 nitrogen and oxygen atoms in total. The molecular formula is C16H16N2O. The SMILES string of the molecule is Cn1c(C#N)c(C2CCC(=O)CC2)c2ccccc21. The van der Waals surface area contributed by atoms with Crippen molar-refractivity contribution in [3.05, 3.63) is 35.5 Å². The largest absolute Gasteiger partial charge is 0.335 e. The first-order valence-electron chi connectivity index (χ1n) is 6.71. The molecule has 19 heavy (non-hydrogen) atoms. The Hall–Kier alpha value is -2.08. The predicted octanol–water partition coefficient (Wildman–Crippen LogP) is 3.28.